The van der Waals surface area contributed by atoms with Gasteiger partial charge in [-0.25, -0.2) is 8.78 Å². The van der Waals surface area contributed by atoms with Crippen molar-refractivity contribution < 1.29 is 18.1 Å². The van der Waals surface area contributed by atoms with E-state index < -0.39 is 23.1 Å². The van der Waals surface area contributed by atoms with Crippen LogP contribution in [0.5, 0.6) is 0 Å². The van der Waals surface area contributed by atoms with Crippen LogP contribution in [-0.2, 0) is 6.54 Å². The Kier molecular flexibility index (Phi) is 4.91. The van der Waals surface area contributed by atoms with Gasteiger partial charge < -0.3 is 9.42 Å². The maximum Gasteiger partial charge on any atom is 0.259 e. The smallest absolute Gasteiger partial charge is 0.259 e. The van der Waals surface area contributed by atoms with Gasteiger partial charge in [-0.2, -0.15) is 4.98 Å². The number of aryl methyl sites for hydroxylation is 1. The molecular formula is C15H15BrF2N4O2. The van der Waals surface area contributed by atoms with Gasteiger partial charge in [-0.05, 0) is 12.1 Å². The fraction of sp³-hybridized carbons (Fsp3) is 0.400. The largest absolute Gasteiger partial charge is 0.340 e. The minimum atomic E-state index is -0.864. The Balaban J connectivity index is 1.63. The molecule has 3 rings (SSSR count). The van der Waals surface area contributed by atoms with Gasteiger partial charge in [0.25, 0.3) is 5.91 Å². The van der Waals surface area contributed by atoms with E-state index in [0.717, 1.165) is 12.1 Å². The van der Waals surface area contributed by atoms with Crippen LogP contribution < -0.4 is 0 Å². The normalized spacial score (nSPS) is 15.8. The summed E-state index contributed by atoms with van der Waals surface area (Å²) < 4.78 is 33.0. The molecule has 1 aliphatic rings. The number of carbonyl (C=O) groups is 1. The highest BCUT2D eigenvalue weighted by atomic mass is 79.9. The summed E-state index contributed by atoms with van der Waals surface area (Å²) in [6.07, 6.45) is 0. The van der Waals surface area contributed by atoms with E-state index in [-0.39, 0.29) is 4.47 Å². The number of rotatable bonds is 3. The number of nitrogens with zero attached hydrogens (tertiary/aromatic N) is 4. The van der Waals surface area contributed by atoms with Gasteiger partial charge in [-0.3, -0.25) is 9.69 Å². The van der Waals surface area contributed by atoms with E-state index in [0.29, 0.717) is 44.4 Å². The molecule has 1 saturated heterocycles. The van der Waals surface area contributed by atoms with E-state index in [2.05, 4.69) is 31.0 Å². The zero-order chi connectivity index (χ0) is 17.3. The second-order valence-corrected chi connectivity index (χ2v) is 6.46. The molecular weight excluding hydrogens is 386 g/mol. The third-order valence-corrected chi connectivity index (χ3v) is 4.27. The number of benzene rings is 1. The summed E-state index contributed by atoms with van der Waals surface area (Å²) in [5, 5.41) is 3.83. The molecule has 2 aromatic rings. The molecule has 1 aromatic carbocycles. The quantitative estimate of drug-likeness (QED) is 0.791. The van der Waals surface area contributed by atoms with E-state index in [4.69, 9.17) is 4.52 Å². The third-order valence-electron chi connectivity index (χ3n) is 3.81. The number of halogens is 3. The summed E-state index contributed by atoms with van der Waals surface area (Å²) in [6.45, 7) is 4.13. The number of carbonyl (C=O) groups excluding carboxylic acids is 1. The molecule has 1 aliphatic heterocycles. The zero-order valence-corrected chi connectivity index (χ0v) is 14.5. The van der Waals surface area contributed by atoms with Crippen molar-refractivity contribution in [3.8, 4) is 0 Å². The molecule has 0 spiro atoms. The van der Waals surface area contributed by atoms with Crippen LogP contribution in [0.25, 0.3) is 0 Å². The lowest BCUT2D eigenvalue weighted by Gasteiger charge is -2.34. The molecule has 9 heteroatoms. The monoisotopic (exact) mass is 400 g/mol. The highest BCUT2D eigenvalue weighted by Gasteiger charge is 2.27. The Morgan fingerprint density at radius 2 is 1.88 bits per heavy atom. The number of amides is 1. The van der Waals surface area contributed by atoms with Gasteiger partial charge in [0, 0.05) is 37.6 Å². The number of hydrogen-bond acceptors (Lipinski definition) is 5. The standard InChI is InChI=1S/C15H15BrF2N4O2/c1-9-19-13(20-24-9)8-21-2-4-22(5-3-21)15(23)14-11(17)6-10(16)7-12(14)18/h6-7H,2-5,8H2,1H3. The van der Waals surface area contributed by atoms with Crippen molar-refractivity contribution in [3.63, 3.8) is 0 Å². The average molecular weight is 401 g/mol. The van der Waals surface area contributed by atoms with E-state index in [1.54, 1.807) is 6.92 Å². The lowest BCUT2D eigenvalue weighted by atomic mass is 10.1. The Morgan fingerprint density at radius 3 is 2.42 bits per heavy atom. The topological polar surface area (TPSA) is 62.5 Å². The van der Waals surface area contributed by atoms with Crippen LogP contribution in [0, 0.1) is 18.6 Å². The van der Waals surface area contributed by atoms with E-state index in [1.165, 1.54) is 4.90 Å². The summed E-state index contributed by atoms with van der Waals surface area (Å²) in [5.74, 6) is -1.28. The lowest BCUT2D eigenvalue weighted by molar-refractivity contribution is 0.0615. The lowest BCUT2D eigenvalue weighted by Crippen LogP contribution is -2.48. The average Bonchev–Trinajstić information content (AvgIpc) is 2.92. The first kappa shape index (κ1) is 17.0. The van der Waals surface area contributed by atoms with E-state index >= 15 is 0 Å². The van der Waals surface area contributed by atoms with Gasteiger partial charge >= 0.3 is 0 Å². The summed E-state index contributed by atoms with van der Waals surface area (Å²) in [4.78, 5) is 20.0. The molecule has 24 heavy (non-hydrogen) atoms. The van der Waals surface area contributed by atoms with Gasteiger partial charge in [0.05, 0.1) is 6.54 Å². The van der Waals surface area contributed by atoms with Crippen LogP contribution >= 0.6 is 15.9 Å². The van der Waals surface area contributed by atoms with Gasteiger partial charge in [0.2, 0.25) is 5.89 Å². The molecule has 0 N–H and O–H groups in total. The summed E-state index contributed by atoms with van der Waals surface area (Å²) >= 11 is 3.00. The van der Waals surface area contributed by atoms with Gasteiger partial charge in [-0.15, -0.1) is 0 Å². The van der Waals surface area contributed by atoms with Crippen LogP contribution in [0.1, 0.15) is 22.1 Å². The first-order chi connectivity index (χ1) is 11.4. The van der Waals surface area contributed by atoms with Crippen LogP contribution in [0.4, 0.5) is 8.78 Å². The maximum absolute atomic E-state index is 13.9. The van der Waals surface area contributed by atoms with Crippen LogP contribution in [-0.4, -0.2) is 52.0 Å². The Morgan fingerprint density at radius 1 is 1.25 bits per heavy atom. The predicted octanol–water partition coefficient (Wildman–Crippen LogP) is 2.38. The van der Waals surface area contributed by atoms with Crippen LogP contribution in [0.2, 0.25) is 0 Å². The van der Waals surface area contributed by atoms with Crippen molar-refractivity contribution in [2.45, 2.75) is 13.5 Å². The van der Waals surface area contributed by atoms with Crippen molar-refractivity contribution in [2.24, 2.45) is 0 Å². The van der Waals surface area contributed by atoms with Gasteiger partial charge in [0.15, 0.2) is 5.82 Å². The molecule has 1 fully saturated rings. The molecule has 0 bridgehead atoms. The number of piperazine rings is 1. The molecule has 1 amide bonds. The van der Waals surface area contributed by atoms with Crippen molar-refractivity contribution >= 4 is 21.8 Å². The van der Waals surface area contributed by atoms with Crippen LogP contribution in [0.15, 0.2) is 21.1 Å². The minimum absolute atomic E-state index is 0.259. The molecule has 0 aliphatic carbocycles. The predicted molar refractivity (Wildman–Crippen MR) is 84.3 cm³/mol. The number of aromatic nitrogens is 2. The molecule has 128 valence electrons. The summed E-state index contributed by atoms with van der Waals surface area (Å²) in [7, 11) is 0. The Hall–Kier alpha value is -1.87. The zero-order valence-electron chi connectivity index (χ0n) is 12.9. The molecule has 6 nitrogen and oxygen atoms in total. The highest BCUT2D eigenvalue weighted by Crippen LogP contribution is 2.21. The molecule has 0 unspecified atom stereocenters. The van der Waals surface area contributed by atoms with Crippen molar-refractivity contribution in [1.29, 1.82) is 0 Å². The van der Waals surface area contributed by atoms with E-state index in [9.17, 15) is 13.6 Å². The second kappa shape index (κ2) is 6.94. The van der Waals surface area contributed by atoms with Crippen molar-refractivity contribution in [3.05, 3.63) is 45.5 Å². The Bertz CT molecular complexity index is 737. The second-order valence-electron chi connectivity index (χ2n) is 5.54. The van der Waals surface area contributed by atoms with Gasteiger partial charge in [0.1, 0.15) is 17.2 Å². The fourth-order valence-corrected chi connectivity index (χ4v) is 3.02. The molecule has 0 saturated carbocycles. The fourth-order valence-electron chi connectivity index (χ4n) is 2.62. The van der Waals surface area contributed by atoms with Crippen LogP contribution in [0.3, 0.4) is 0 Å². The van der Waals surface area contributed by atoms with E-state index in [1.807, 2.05) is 0 Å². The first-order valence-corrected chi connectivity index (χ1v) is 8.18. The highest BCUT2D eigenvalue weighted by molar-refractivity contribution is 9.10. The minimum Gasteiger partial charge on any atom is -0.340 e. The third kappa shape index (κ3) is 3.62. The summed E-state index contributed by atoms with van der Waals surface area (Å²) in [6, 6.07) is 2.18. The maximum atomic E-state index is 13.9. The van der Waals surface area contributed by atoms with Crippen molar-refractivity contribution in [2.75, 3.05) is 26.2 Å². The van der Waals surface area contributed by atoms with Crippen molar-refractivity contribution in [1.82, 2.24) is 19.9 Å². The number of hydrogen-bond donors (Lipinski definition) is 0. The molecule has 0 atom stereocenters. The SMILES string of the molecule is Cc1nc(CN2CCN(C(=O)c3c(F)cc(Br)cc3F)CC2)no1. The summed E-state index contributed by atoms with van der Waals surface area (Å²) in [5.41, 5.74) is -0.513. The Labute approximate surface area is 145 Å². The molecule has 1 aromatic heterocycles. The van der Waals surface area contributed by atoms with Gasteiger partial charge in [-0.1, -0.05) is 21.1 Å². The molecule has 2 heterocycles. The first-order valence-electron chi connectivity index (χ1n) is 7.39. The molecule has 0 radical (unpaired) electrons.